The van der Waals surface area contributed by atoms with E-state index < -0.39 is 9.84 Å². The Morgan fingerprint density at radius 2 is 1.60 bits per heavy atom. The van der Waals surface area contributed by atoms with Gasteiger partial charge < -0.3 is 10.2 Å². The summed E-state index contributed by atoms with van der Waals surface area (Å²) in [6.07, 6.45) is 0.985. The molecule has 0 unspecified atom stereocenters. The topological polar surface area (TPSA) is 66.5 Å². The van der Waals surface area contributed by atoms with Gasteiger partial charge in [0.1, 0.15) is 9.84 Å². The molecule has 2 aromatic rings. The molecule has 132 valence electrons. The second-order valence-corrected chi connectivity index (χ2v) is 8.64. The zero-order valence-corrected chi connectivity index (χ0v) is 15.0. The Hall–Kier alpha value is -2.34. The number of benzene rings is 2. The average molecular weight is 358 g/mol. The fourth-order valence-corrected chi connectivity index (χ4v) is 4.56. The molecule has 6 heteroatoms. The van der Waals surface area contributed by atoms with Crippen LogP contribution in [0.15, 0.2) is 54.6 Å². The van der Waals surface area contributed by atoms with E-state index in [0.717, 1.165) is 16.8 Å². The van der Waals surface area contributed by atoms with Crippen molar-refractivity contribution in [2.45, 2.75) is 18.9 Å². The van der Waals surface area contributed by atoms with E-state index in [4.69, 9.17) is 0 Å². The van der Waals surface area contributed by atoms with Crippen molar-refractivity contribution in [3.8, 4) is 11.1 Å². The number of urea groups is 1. The molecule has 3 rings (SSSR count). The summed E-state index contributed by atoms with van der Waals surface area (Å²) in [5.74, 6) is 0.297. The second kappa shape index (κ2) is 7.27. The number of amides is 2. The van der Waals surface area contributed by atoms with E-state index in [9.17, 15) is 13.2 Å². The van der Waals surface area contributed by atoms with Crippen molar-refractivity contribution in [2.24, 2.45) is 0 Å². The van der Waals surface area contributed by atoms with Crippen LogP contribution in [0, 0.1) is 0 Å². The molecule has 1 aliphatic heterocycles. The van der Waals surface area contributed by atoms with Crippen LogP contribution >= 0.6 is 0 Å². The molecular formula is C19H22N2O3S. The highest BCUT2D eigenvalue weighted by molar-refractivity contribution is 7.91. The SMILES string of the molecule is CN(C(=O)Nc1ccccc1-c1ccccc1)C1CCS(=O)(=O)CC1. The minimum atomic E-state index is -2.93. The molecule has 0 bridgehead atoms. The first kappa shape index (κ1) is 17.5. The quantitative estimate of drug-likeness (QED) is 0.914. The van der Waals surface area contributed by atoms with Crippen LogP contribution in [0.3, 0.4) is 0 Å². The van der Waals surface area contributed by atoms with E-state index in [-0.39, 0.29) is 23.6 Å². The zero-order valence-electron chi connectivity index (χ0n) is 14.2. The van der Waals surface area contributed by atoms with Crippen LogP contribution in [0.1, 0.15) is 12.8 Å². The van der Waals surface area contributed by atoms with Crippen molar-refractivity contribution < 1.29 is 13.2 Å². The van der Waals surface area contributed by atoms with Gasteiger partial charge in [-0.3, -0.25) is 0 Å². The fourth-order valence-electron chi connectivity index (χ4n) is 3.10. The van der Waals surface area contributed by atoms with Crippen molar-refractivity contribution in [1.29, 1.82) is 0 Å². The molecule has 0 aliphatic carbocycles. The van der Waals surface area contributed by atoms with Gasteiger partial charge in [0.15, 0.2) is 0 Å². The Kier molecular flexibility index (Phi) is 5.08. The standard InChI is InChI=1S/C19H22N2O3S/c1-21(16-11-13-25(23,24)14-12-16)19(22)20-18-10-6-5-9-17(18)15-7-3-2-4-8-15/h2-10,16H,11-14H2,1H3,(H,20,22). The summed E-state index contributed by atoms with van der Waals surface area (Å²) >= 11 is 0. The number of hydrogen-bond acceptors (Lipinski definition) is 3. The van der Waals surface area contributed by atoms with Crippen LogP contribution in [0.5, 0.6) is 0 Å². The van der Waals surface area contributed by atoms with Crippen molar-refractivity contribution in [3.05, 3.63) is 54.6 Å². The smallest absolute Gasteiger partial charge is 0.321 e. The lowest BCUT2D eigenvalue weighted by atomic mass is 10.0. The number of anilines is 1. The number of hydrogen-bond donors (Lipinski definition) is 1. The monoisotopic (exact) mass is 358 g/mol. The maximum Gasteiger partial charge on any atom is 0.321 e. The van der Waals surface area contributed by atoms with Crippen molar-refractivity contribution >= 4 is 21.6 Å². The zero-order chi connectivity index (χ0) is 17.9. The van der Waals surface area contributed by atoms with Gasteiger partial charge in [0.25, 0.3) is 0 Å². The van der Waals surface area contributed by atoms with Gasteiger partial charge >= 0.3 is 6.03 Å². The highest BCUT2D eigenvalue weighted by Crippen LogP contribution is 2.28. The summed E-state index contributed by atoms with van der Waals surface area (Å²) in [7, 11) is -1.21. The molecule has 2 aromatic carbocycles. The summed E-state index contributed by atoms with van der Waals surface area (Å²) in [5, 5.41) is 2.96. The normalized spacial score (nSPS) is 17.0. The Morgan fingerprint density at radius 1 is 1.00 bits per heavy atom. The van der Waals surface area contributed by atoms with E-state index in [2.05, 4.69) is 5.32 Å². The average Bonchev–Trinajstić information content (AvgIpc) is 2.62. The van der Waals surface area contributed by atoms with Crippen LogP contribution < -0.4 is 5.32 Å². The molecule has 0 atom stereocenters. The Bertz CT molecular complexity index is 836. The lowest BCUT2D eigenvalue weighted by Gasteiger charge is -2.31. The van der Waals surface area contributed by atoms with Gasteiger partial charge in [-0.1, -0.05) is 48.5 Å². The van der Waals surface area contributed by atoms with Crippen molar-refractivity contribution in [3.63, 3.8) is 0 Å². The first-order valence-electron chi connectivity index (χ1n) is 8.35. The highest BCUT2D eigenvalue weighted by Gasteiger charge is 2.28. The molecule has 1 heterocycles. The van der Waals surface area contributed by atoms with E-state index in [1.54, 1.807) is 11.9 Å². The number of sulfone groups is 1. The third-order valence-electron chi connectivity index (χ3n) is 4.65. The first-order valence-corrected chi connectivity index (χ1v) is 10.2. The highest BCUT2D eigenvalue weighted by atomic mass is 32.2. The van der Waals surface area contributed by atoms with Gasteiger partial charge in [-0.2, -0.15) is 0 Å². The molecule has 0 saturated carbocycles. The number of para-hydroxylation sites is 1. The lowest BCUT2D eigenvalue weighted by molar-refractivity contribution is 0.199. The number of nitrogens with zero attached hydrogens (tertiary/aromatic N) is 1. The number of carbonyl (C=O) groups is 1. The van der Waals surface area contributed by atoms with Crippen LogP contribution in [0.4, 0.5) is 10.5 Å². The Labute approximate surface area is 148 Å². The van der Waals surface area contributed by atoms with Gasteiger partial charge in [-0.15, -0.1) is 0 Å². The molecule has 0 radical (unpaired) electrons. The van der Waals surface area contributed by atoms with Crippen LogP contribution in [0.2, 0.25) is 0 Å². The van der Waals surface area contributed by atoms with Crippen LogP contribution in [-0.4, -0.2) is 43.9 Å². The summed E-state index contributed by atoms with van der Waals surface area (Å²) in [6.45, 7) is 0. The molecule has 0 aromatic heterocycles. The van der Waals surface area contributed by atoms with Gasteiger partial charge in [-0.05, 0) is 24.5 Å². The molecule has 25 heavy (non-hydrogen) atoms. The van der Waals surface area contributed by atoms with Gasteiger partial charge in [0.2, 0.25) is 0 Å². The van der Waals surface area contributed by atoms with Gasteiger partial charge in [-0.25, -0.2) is 13.2 Å². The Morgan fingerprint density at radius 3 is 2.28 bits per heavy atom. The van der Waals surface area contributed by atoms with Gasteiger partial charge in [0.05, 0.1) is 17.2 Å². The molecule has 0 spiro atoms. The number of nitrogens with one attached hydrogen (secondary N) is 1. The number of carbonyl (C=O) groups excluding carboxylic acids is 1. The van der Waals surface area contributed by atoms with Crippen LogP contribution in [0.25, 0.3) is 11.1 Å². The van der Waals surface area contributed by atoms with Gasteiger partial charge in [0, 0.05) is 18.7 Å². The van der Waals surface area contributed by atoms with E-state index in [1.807, 2.05) is 54.6 Å². The second-order valence-electron chi connectivity index (χ2n) is 6.34. The third kappa shape index (κ3) is 4.20. The fraction of sp³-hybridized carbons (Fsp3) is 0.316. The van der Waals surface area contributed by atoms with E-state index >= 15 is 0 Å². The molecular weight excluding hydrogens is 336 g/mol. The lowest BCUT2D eigenvalue weighted by Crippen LogP contribution is -2.44. The van der Waals surface area contributed by atoms with Crippen LogP contribution in [-0.2, 0) is 9.84 Å². The van der Waals surface area contributed by atoms with Crippen molar-refractivity contribution in [2.75, 3.05) is 23.9 Å². The predicted molar refractivity (Wildman–Crippen MR) is 100 cm³/mol. The third-order valence-corrected chi connectivity index (χ3v) is 6.36. The summed E-state index contributed by atoms with van der Waals surface area (Å²) in [6, 6.07) is 17.3. The largest absolute Gasteiger partial charge is 0.325 e. The maximum absolute atomic E-state index is 12.6. The first-order chi connectivity index (χ1) is 12.0. The van der Waals surface area contributed by atoms with E-state index in [1.165, 1.54) is 0 Å². The minimum Gasteiger partial charge on any atom is -0.325 e. The maximum atomic E-state index is 12.6. The molecule has 1 aliphatic rings. The molecule has 2 amide bonds. The number of rotatable bonds is 3. The molecule has 1 saturated heterocycles. The summed E-state index contributed by atoms with van der Waals surface area (Å²) in [4.78, 5) is 14.2. The summed E-state index contributed by atoms with van der Waals surface area (Å²) in [5.41, 5.74) is 2.73. The summed E-state index contributed by atoms with van der Waals surface area (Å²) < 4.78 is 23.1. The minimum absolute atomic E-state index is 0.0487. The van der Waals surface area contributed by atoms with Crippen molar-refractivity contribution in [1.82, 2.24) is 4.90 Å². The predicted octanol–water partition coefficient (Wildman–Crippen LogP) is 3.39. The molecule has 5 nitrogen and oxygen atoms in total. The molecule has 1 N–H and O–H groups in total. The molecule has 1 fully saturated rings. The van der Waals surface area contributed by atoms with E-state index in [0.29, 0.717) is 12.8 Å². The Balaban J connectivity index is 1.73.